The van der Waals surface area contributed by atoms with Crippen LogP contribution in [0, 0.1) is 0 Å². The lowest BCUT2D eigenvalue weighted by Gasteiger charge is -2.15. The van der Waals surface area contributed by atoms with Crippen LogP contribution in [0.15, 0.2) is 36.4 Å². The summed E-state index contributed by atoms with van der Waals surface area (Å²) in [4.78, 5) is 12.3. The van der Waals surface area contributed by atoms with E-state index < -0.39 is 0 Å². The van der Waals surface area contributed by atoms with Gasteiger partial charge in [-0.25, -0.2) is 0 Å². The van der Waals surface area contributed by atoms with Crippen LogP contribution in [0.1, 0.15) is 30.5 Å². The van der Waals surface area contributed by atoms with Crippen molar-refractivity contribution < 1.29 is 19.4 Å². The Kier molecular flexibility index (Phi) is 5.34. The molecule has 2 aromatic carbocycles. The predicted octanol–water partition coefficient (Wildman–Crippen LogP) is 3.63. The van der Waals surface area contributed by atoms with E-state index in [0.717, 1.165) is 17.5 Å². The molecule has 0 spiro atoms. The summed E-state index contributed by atoms with van der Waals surface area (Å²) < 4.78 is 11.2. The Morgan fingerprint density at radius 3 is 2.88 bits per heavy atom. The van der Waals surface area contributed by atoms with E-state index in [1.807, 2.05) is 13.0 Å². The molecule has 0 saturated carbocycles. The molecule has 2 N–H and O–H groups in total. The Balaban J connectivity index is 1.68. The number of rotatable bonds is 4. The molecule has 0 fully saturated rings. The summed E-state index contributed by atoms with van der Waals surface area (Å²) in [6.45, 7) is 3.00. The third-order valence-corrected chi connectivity index (χ3v) is 4.26. The third-order valence-electron chi connectivity index (χ3n) is 3.97. The molecule has 1 atom stereocenters. The van der Waals surface area contributed by atoms with Crippen molar-refractivity contribution in [3.05, 3.63) is 52.5 Å². The highest BCUT2D eigenvalue weighted by atomic mass is 35.5. The minimum absolute atomic E-state index is 0.138. The molecule has 25 heavy (non-hydrogen) atoms. The number of fused-ring (bicyclic) bond motifs is 1. The van der Waals surface area contributed by atoms with E-state index >= 15 is 0 Å². The molecule has 132 valence electrons. The largest absolute Gasteiger partial charge is 0.508 e. The van der Waals surface area contributed by atoms with Crippen LogP contribution in [0.25, 0.3) is 0 Å². The highest BCUT2D eigenvalue weighted by Crippen LogP contribution is 2.38. The second kappa shape index (κ2) is 7.66. The molecule has 1 amide bonds. The lowest BCUT2D eigenvalue weighted by molar-refractivity contribution is -0.121. The lowest BCUT2D eigenvalue weighted by Crippen LogP contribution is -2.28. The van der Waals surface area contributed by atoms with E-state index in [2.05, 4.69) is 5.32 Å². The average Bonchev–Trinajstić information content (AvgIpc) is 2.80. The predicted molar refractivity (Wildman–Crippen MR) is 95.4 cm³/mol. The monoisotopic (exact) mass is 361 g/mol. The Morgan fingerprint density at radius 2 is 2.08 bits per heavy atom. The number of nitrogens with one attached hydrogen (secondary N) is 1. The van der Waals surface area contributed by atoms with Gasteiger partial charge >= 0.3 is 0 Å². The van der Waals surface area contributed by atoms with E-state index in [1.165, 1.54) is 0 Å². The SMILES string of the molecule is CC(NC(=O)Cc1cc(Cl)c2c(c1)OCCCO2)c1cccc(O)c1. The van der Waals surface area contributed by atoms with Crippen molar-refractivity contribution in [2.24, 2.45) is 0 Å². The van der Waals surface area contributed by atoms with Gasteiger partial charge in [-0.1, -0.05) is 23.7 Å². The Hall–Kier alpha value is -2.40. The van der Waals surface area contributed by atoms with Crippen molar-refractivity contribution in [2.45, 2.75) is 25.8 Å². The van der Waals surface area contributed by atoms with Crippen LogP contribution in [-0.2, 0) is 11.2 Å². The van der Waals surface area contributed by atoms with Crippen molar-refractivity contribution in [1.82, 2.24) is 5.32 Å². The lowest BCUT2D eigenvalue weighted by atomic mass is 10.1. The number of phenolic OH excluding ortho intramolecular Hbond substituents is 1. The Labute approximate surface area is 151 Å². The fraction of sp³-hybridized carbons (Fsp3) is 0.316. The second-order valence-electron chi connectivity index (χ2n) is 6.02. The van der Waals surface area contributed by atoms with Crippen LogP contribution in [0.4, 0.5) is 0 Å². The van der Waals surface area contributed by atoms with Crippen molar-refractivity contribution >= 4 is 17.5 Å². The molecule has 0 bridgehead atoms. The van der Waals surface area contributed by atoms with Gasteiger partial charge in [0.1, 0.15) is 5.75 Å². The maximum atomic E-state index is 12.3. The van der Waals surface area contributed by atoms with Gasteiger partial charge in [0.15, 0.2) is 11.5 Å². The molecule has 0 saturated heterocycles. The summed E-state index contributed by atoms with van der Waals surface area (Å²) in [5, 5.41) is 12.9. The van der Waals surface area contributed by atoms with E-state index in [9.17, 15) is 9.90 Å². The van der Waals surface area contributed by atoms with Crippen LogP contribution in [0.2, 0.25) is 5.02 Å². The topological polar surface area (TPSA) is 67.8 Å². The van der Waals surface area contributed by atoms with Gasteiger partial charge in [0.25, 0.3) is 0 Å². The minimum Gasteiger partial charge on any atom is -0.508 e. The number of carbonyl (C=O) groups is 1. The smallest absolute Gasteiger partial charge is 0.224 e. The summed E-state index contributed by atoms with van der Waals surface area (Å²) in [5.74, 6) is 1.15. The van der Waals surface area contributed by atoms with E-state index in [-0.39, 0.29) is 24.1 Å². The number of hydrogen-bond donors (Lipinski definition) is 2. The molecule has 1 unspecified atom stereocenters. The second-order valence-corrected chi connectivity index (χ2v) is 6.42. The molecule has 1 heterocycles. The van der Waals surface area contributed by atoms with Gasteiger partial charge in [-0.2, -0.15) is 0 Å². The molecule has 6 heteroatoms. The highest BCUT2D eigenvalue weighted by Gasteiger charge is 2.17. The molecule has 0 aromatic heterocycles. The van der Waals surface area contributed by atoms with Crippen LogP contribution in [0.5, 0.6) is 17.2 Å². The number of carbonyl (C=O) groups excluding carboxylic acids is 1. The van der Waals surface area contributed by atoms with Gasteiger partial charge in [-0.05, 0) is 42.3 Å². The number of ether oxygens (including phenoxy) is 2. The maximum absolute atomic E-state index is 12.3. The van der Waals surface area contributed by atoms with E-state index in [0.29, 0.717) is 29.7 Å². The molecule has 0 aliphatic carbocycles. The Bertz CT molecular complexity index is 778. The first-order valence-corrected chi connectivity index (χ1v) is 8.57. The molecule has 1 aliphatic rings. The average molecular weight is 362 g/mol. The molecule has 5 nitrogen and oxygen atoms in total. The molecular formula is C19H20ClNO4. The number of aromatic hydroxyl groups is 1. The van der Waals surface area contributed by atoms with Gasteiger partial charge in [0.05, 0.1) is 30.7 Å². The maximum Gasteiger partial charge on any atom is 0.224 e. The van der Waals surface area contributed by atoms with Crippen LogP contribution >= 0.6 is 11.6 Å². The number of amides is 1. The van der Waals surface area contributed by atoms with Crippen LogP contribution < -0.4 is 14.8 Å². The number of halogens is 1. The quantitative estimate of drug-likeness (QED) is 0.872. The van der Waals surface area contributed by atoms with Crippen molar-refractivity contribution in [2.75, 3.05) is 13.2 Å². The zero-order valence-corrected chi connectivity index (χ0v) is 14.7. The first-order valence-electron chi connectivity index (χ1n) is 8.19. The van der Waals surface area contributed by atoms with E-state index in [1.54, 1.807) is 30.3 Å². The van der Waals surface area contributed by atoms with Gasteiger partial charge in [-0.15, -0.1) is 0 Å². The van der Waals surface area contributed by atoms with Gasteiger partial charge in [0.2, 0.25) is 5.91 Å². The van der Waals surface area contributed by atoms with Crippen LogP contribution in [0.3, 0.4) is 0 Å². The zero-order valence-electron chi connectivity index (χ0n) is 13.9. The first kappa shape index (κ1) is 17.4. The number of benzene rings is 2. The minimum atomic E-state index is -0.213. The fourth-order valence-electron chi connectivity index (χ4n) is 2.74. The highest BCUT2D eigenvalue weighted by molar-refractivity contribution is 6.32. The van der Waals surface area contributed by atoms with Crippen LogP contribution in [-0.4, -0.2) is 24.2 Å². The third kappa shape index (κ3) is 4.37. The molecular weight excluding hydrogens is 342 g/mol. The zero-order chi connectivity index (χ0) is 17.8. The van der Waals surface area contributed by atoms with Gasteiger partial charge < -0.3 is 19.9 Å². The molecule has 0 radical (unpaired) electrons. The van der Waals surface area contributed by atoms with Gasteiger partial charge in [-0.3, -0.25) is 4.79 Å². The normalized spacial score (nSPS) is 14.5. The molecule has 1 aliphatic heterocycles. The van der Waals surface area contributed by atoms with Crippen molar-refractivity contribution in [3.63, 3.8) is 0 Å². The molecule has 2 aromatic rings. The van der Waals surface area contributed by atoms with Crippen molar-refractivity contribution in [1.29, 1.82) is 0 Å². The number of hydrogen-bond acceptors (Lipinski definition) is 4. The summed E-state index contributed by atoms with van der Waals surface area (Å²) in [7, 11) is 0. The van der Waals surface area contributed by atoms with Gasteiger partial charge in [0, 0.05) is 6.42 Å². The summed E-state index contributed by atoms with van der Waals surface area (Å²) in [6, 6.07) is 10.1. The molecule has 3 rings (SSSR count). The van der Waals surface area contributed by atoms with E-state index in [4.69, 9.17) is 21.1 Å². The fourth-order valence-corrected chi connectivity index (χ4v) is 3.03. The first-order chi connectivity index (χ1) is 12.0. The summed E-state index contributed by atoms with van der Waals surface area (Å²) in [5.41, 5.74) is 1.60. The standard InChI is InChI=1S/C19H20ClNO4/c1-12(14-4-2-5-15(22)11-14)21-18(23)10-13-8-16(20)19-17(9-13)24-6-3-7-25-19/h2,4-5,8-9,11-12,22H,3,6-7,10H2,1H3,(H,21,23). The summed E-state index contributed by atoms with van der Waals surface area (Å²) >= 11 is 6.26. The summed E-state index contributed by atoms with van der Waals surface area (Å²) in [6.07, 6.45) is 0.974. The Morgan fingerprint density at radius 1 is 1.28 bits per heavy atom. The number of phenols is 1. The van der Waals surface area contributed by atoms with Crippen molar-refractivity contribution in [3.8, 4) is 17.2 Å².